The molecule has 0 unspecified atom stereocenters. The van der Waals surface area contributed by atoms with Gasteiger partial charge in [-0.05, 0) is 62.4 Å². The predicted octanol–water partition coefficient (Wildman–Crippen LogP) is 2.44. The molecule has 2 N–H and O–H groups in total. The maximum absolute atomic E-state index is 12.5. The van der Waals surface area contributed by atoms with Crippen molar-refractivity contribution in [1.29, 1.82) is 0 Å². The summed E-state index contributed by atoms with van der Waals surface area (Å²) in [6, 6.07) is 13.0. The molecule has 10 heteroatoms. The van der Waals surface area contributed by atoms with Crippen LogP contribution >= 0.6 is 0 Å². The summed E-state index contributed by atoms with van der Waals surface area (Å²) in [6.45, 7) is 3.74. The van der Waals surface area contributed by atoms with E-state index >= 15 is 0 Å². The number of aromatic nitrogens is 3. The second-order valence-electron chi connectivity index (χ2n) is 7.16. The van der Waals surface area contributed by atoms with Gasteiger partial charge in [-0.25, -0.2) is 13.4 Å². The number of sulfonamides is 1. The lowest BCUT2D eigenvalue weighted by Gasteiger charge is -2.21. The molecule has 0 saturated heterocycles. The molecule has 0 aliphatic carbocycles. The Morgan fingerprint density at radius 3 is 2.35 bits per heavy atom. The van der Waals surface area contributed by atoms with E-state index in [0.29, 0.717) is 17.2 Å². The molecule has 0 spiro atoms. The number of nitrogens with zero attached hydrogens (tertiary/aromatic N) is 3. The third-order valence-corrected chi connectivity index (χ3v) is 6.86. The Kier molecular flexibility index (Phi) is 6.71. The number of hydrogen-bond donors (Lipinski definition) is 2. The van der Waals surface area contributed by atoms with E-state index in [1.807, 2.05) is 24.3 Å². The second-order valence-corrected chi connectivity index (χ2v) is 9.15. The molecule has 3 rings (SSSR count). The van der Waals surface area contributed by atoms with Crippen LogP contribution in [0, 0.1) is 0 Å². The van der Waals surface area contributed by atoms with E-state index in [4.69, 9.17) is 4.74 Å². The molecule has 0 bridgehead atoms. The molecule has 0 atom stereocenters. The van der Waals surface area contributed by atoms with Gasteiger partial charge in [0.05, 0.1) is 18.6 Å². The number of hydrogen-bond acceptors (Lipinski definition) is 6. The first-order chi connectivity index (χ1) is 14.7. The molecule has 0 aliphatic heterocycles. The van der Waals surface area contributed by atoms with E-state index in [1.54, 1.807) is 21.0 Å². The van der Waals surface area contributed by atoms with Gasteiger partial charge in [-0.1, -0.05) is 0 Å². The van der Waals surface area contributed by atoms with Crippen LogP contribution in [0.1, 0.15) is 30.0 Å². The highest BCUT2D eigenvalue weighted by Gasteiger charge is 2.23. The Hall–Kier alpha value is -3.24. The van der Waals surface area contributed by atoms with Crippen LogP contribution in [0.3, 0.4) is 0 Å². The predicted molar refractivity (Wildman–Crippen MR) is 116 cm³/mol. The minimum absolute atomic E-state index is 0.139. The Labute approximate surface area is 181 Å². The van der Waals surface area contributed by atoms with Crippen molar-refractivity contribution in [2.24, 2.45) is 0 Å². The summed E-state index contributed by atoms with van der Waals surface area (Å²) in [4.78, 5) is 16.9. The van der Waals surface area contributed by atoms with Crippen molar-refractivity contribution in [1.82, 2.24) is 24.8 Å². The largest absolute Gasteiger partial charge is 0.497 e. The molecule has 0 fully saturated rings. The first kappa shape index (κ1) is 22.4. The van der Waals surface area contributed by atoms with Crippen molar-refractivity contribution in [3.8, 4) is 17.1 Å². The maximum Gasteiger partial charge on any atom is 0.251 e. The van der Waals surface area contributed by atoms with Crippen LogP contribution in [0.25, 0.3) is 11.4 Å². The van der Waals surface area contributed by atoms with Crippen LogP contribution in [0.2, 0.25) is 0 Å². The Bertz CT molecular complexity index is 1140. The number of carbonyl (C=O) groups is 1. The SMILES string of the molecule is COc1ccc(-c2n[nH]c(CNC(=O)c3ccc(S(=O)(=O)N(C)C(C)C)cc3)n2)cc1. The number of carbonyl (C=O) groups excluding carboxylic acids is 1. The van der Waals surface area contributed by atoms with Gasteiger partial charge in [0.25, 0.3) is 5.91 Å². The lowest BCUT2D eigenvalue weighted by molar-refractivity contribution is 0.0950. The van der Waals surface area contributed by atoms with Crippen molar-refractivity contribution < 1.29 is 17.9 Å². The van der Waals surface area contributed by atoms with E-state index in [1.165, 1.54) is 35.6 Å². The van der Waals surface area contributed by atoms with Gasteiger partial charge in [0, 0.05) is 24.2 Å². The number of rotatable bonds is 8. The molecule has 0 radical (unpaired) electrons. The van der Waals surface area contributed by atoms with Gasteiger partial charge in [0.2, 0.25) is 10.0 Å². The number of H-pyrrole nitrogens is 1. The van der Waals surface area contributed by atoms with Crippen LogP contribution in [0.15, 0.2) is 53.4 Å². The van der Waals surface area contributed by atoms with Crippen LogP contribution in [-0.4, -0.2) is 54.0 Å². The summed E-state index contributed by atoms with van der Waals surface area (Å²) < 4.78 is 31.5. The number of methoxy groups -OCH3 is 1. The fourth-order valence-electron chi connectivity index (χ4n) is 2.73. The van der Waals surface area contributed by atoms with E-state index in [2.05, 4.69) is 20.5 Å². The van der Waals surface area contributed by atoms with Crippen molar-refractivity contribution in [2.75, 3.05) is 14.2 Å². The van der Waals surface area contributed by atoms with Crippen molar-refractivity contribution in [3.63, 3.8) is 0 Å². The van der Waals surface area contributed by atoms with Gasteiger partial charge in [-0.15, -0.1) is 0 Å². The van der Waals surface area contributed by atoms with Gasteiger partial charge >= 0.3 is 0 Å². The lowest BCUT2D eigenvalue weighted by Crippen LogP contribution is -2.33. The zero-order valence-electron chi connectivity index (χ0n) is 17.8. The summed E-state index contributed by atoms with van der Waals surface area (Å²) in [6.07, 6.45) is 0. The fraction of sp³-hybridized carbons (Fsp3) is 0.286. The number of aromatic amines is 1. The number of benzene rings is 2. The maximum atomic E-state index is 12.5. The second kappa shape index (κ2) is 9.27. The first-order valence-corrected chi connectivity index (χ1v) is 11.1. The quantitative estimate of drug-likeness (QED) is 0.552. The van der Waals surface area contributed by atoms with Gasteiger partial charge in [0.1, 0.15) is 11.6 Å². The molecule has 1 heterocycles. The standard InChI is InChI=1S/C21H25N5O4S/c1-14(2)26(3)31(28,29)18-11-7-16(8-12-18)21(27)22-13-19-23-20(25-24-19)15-5-9-17(30-4)10-6-15/h5-12,14H,13H2,1-4H3,(H,22,27)(H,23,24,25). The van der Waals surface area contributed by atoms with E-state index in [9.17, 15) is 13.2 Å². The minimum atomic E-state index is -3.59. The highest BCUT2D eigenvalue weighted by atomic mass is 32.2. The molecule has 2 aromatic carbocycles. The smallest absolute Gasteiger partial charge is 0.251 e. The van der Waals surface area contributed by atoms with Crippen molar-refractivity contribution in [2.45, 2.75) is 31.3 Å². The van der Waals surface area contributed by atoms with Crippen LogP contribution in [0.5, 0.6) is 5.75 Å². The third kappa shape index (κ3) is 5.09. The van der Waals surface area contributed by atoms with E-state index in [0.717, 1.165) is 11.3 Å². The van der Waals surface area contributed by atoms with Gasteiger partial charge in [0.15, 0.2) is 5.82 Å². The van der Waals surface area contributed by atoms with Crippen LogP contribution in [0.4, 0.5) is 0 Å². The molecule has 31 heavy (non-hydrogen) atoms. The van der Waals surface area contributed by atoms with Gasteiger partial charge in [-0.2, -0.15) is 9.40 Å². The Morgan fingerprint density at radius 1 is 1.13 bits per heavy atom. The average molecular weight is 444 g/mol. The van der Waals surface area contributed by atoms with Gasteiger partial charge in [-0.3, -0.25) is 9.89 Å². The summed E-state index contributed by atoms with van der Waals surface area (Å²) in [5.74, 6) is 1.40. The molecular formula is C21H25N5O4S. The zero-order valence-corrected chi connectivity index (χ0v) is 18.6. The monoisotopic (exact) mass is 443 g/mol. The minimum Gasteiger partial charge on any atom is -0.497 e. The molecule has 0 saturated carbocycles. The normalized spacial score (nSPS) is 11.7. The molecule has 1 amide bonds. The highest BCUT2D eigenvalue weighted by molar-refractivity contribution is 7.89. The summed E-state index contributed by atoms with van der Waals surface area (Å²) >= 11 is 0. The Morgan fingerprint density at radius 2 is 1.77 bits per heavy atom. The zero-order chi connectivity index (χ0) is 22.6. The summed E-state index contributed by atoms with van der Waals surface area (Å²) in [5, 5.41) is 9.71. The topological polar surface area (TPSA) is 117 Å². The molecule has 164 valence electrons. The van der Waals surface area contributed by atoms with E-state index in [-0.39, 0.29) is 23.4 Å². The average Bonchev–Trinajstić information content (AvgIpc) is 3.26. The van der Waals surface area contributed by atoms with Crippen molar-refractivity contribution >= 4 is 15.9 Å². The Balaban J connectivity index is 1.63. The van der Waals surface area contributed by atoms with Gasteiger partial charge < -0.3 is 10.1 Å². The third-order valence-electron chi connectivity index (χ3n) is 4.82. The number of amides is 1. The van der Waals surface area contributed by atoms with Crippen LogP contribution < -0.4 is 10.1 Å². The molecule has 3 aromatic rings. The fourth-order valence-corrected chi connectivity index (χ4v) is 4.10. The molecular weight excluding hydrogens is 418 g/mol. The summed E-state index contributed by atoms with van der Waals surface area (Å²) in [7, 11) is -0.471. The van der Waals surface area contributed by atoms with Crippen molar-refractivity contribution in [3.05, 3.63) is 59.9 Å². The first-order valence-electron chi connectivity index (χ1n) is 9.64. The molecule has 0 aliphatic rings. The number of nitrogens with one attached hydrogen (secondary N) is 2. The molecule has 9 nitrogen and oxygen atoms in total. The van der Waals surface area contributed by atoms with Crippen LogP contribution in [-0.2, 0) is 16.6 Å². The summed E-state index contributed by atoms with van der Waals surface area (Å²) in [5.41, 5.74) is 1.17. The van der Waals surface area contributed by atoms with E-state index < -0.39 is 10.0 Å². The highest BCUT2D eigenvalue weighted by Crippen LogP contribution is 2.19. The molecule has 1 aromatic heterocycles. The lowest BCUT2D eigenvalue weighted by atomic mass is 10.2. The number of ether oxygens (including phenoxy) is 1.